The van der Waals surface area contributed by atoms with Crippen LogP contribution in [0.4, 0.5) is 5.82 Å². The van der Waals surface area contributed by atoms with Crippen molar-refractivity contribution in [3.8, 4) is 0 Å². The van der Waals surface area contributed by atoms with Gasteiger partial charge < -0.3 is 10.3 Å². The van der Waals surface area contributed by atoms with Gasteiger partial charge in [-0.05, 0) is 17.7 Å². The van der Waals surface area contributed by atoms with Gasteiger partial charge in [0, 0.05) is 25.2 Å². The van der Waals surface area contributed by atoms with Gasteiger partial charge in [-0.15, -0.1) is 0 Å². The molecule has 2 N–H and O–H groups in total. The minimum atomic E-state index is -3.71. The summed E-state index contributed by atoms with van der Waals surface area (Å²) in [5, 5.41) is 0.576. The number of nitrogens with zero attached hydrogens (tertiary/aromatic N) is 3. The molecule has 1 aromatic heterocycles. The van der Waals surface area contributed by atoms with E-state index in [1.165, 1.54) is 15.2 Å². The van der Waals surface area contributed by atoms with Crippen LogP contribution in [0.2, 0.25) is 5.02 Å². The number of halogens is 1. The number of hydrogen-bond acceptors (Lipinski definition) is 4. The second-order valence-electron chi connectivity index (χ2n) is 4.61. The third-order valence-electron chi connectivity index (χ3n) is 3.09. The van der Waals surface area contributed by atoms with E-state index >= 15 is 0 Å². The van der Waals surface area contributed by atoms with E-state index in [2.05, 4.69) is 4.98 Å². The lowest BCUT2D eigenvalue weighted by atomic mass is 10.2. The van der Waals surface area contributed by atoms with Crippen LogP contribution in [-0.4, -0.2) is 28.8 Å². The van der Waals surface area contributed by atoms with Crippen molar-refractivity contribution in [3.05, 3.63) is 41.2 Å². The maximum Gasteiger partial charge on any atom is 0.262 e. The van der Waals surface area contributed by atoms with Crippen LogP contribution in [0.15, 0.2) is 35.6 Å². The molecule has 0 aliphatic heterocycles. The first-order valence-corrected chi connectivity index (χ1v) is 8.19. The highest BCUT2D eigenvalue weighted by molar-refractivity contribution is 7.89. The van der Waals surface area contributed by atoms with Gasteiger partial charge in [-0.25, -0.2) is 13.4 Å². The van der Waals surface area contributed by atoms with Crippen molar-refractivity contribution < 1.29 is 8.42 Å². The van der Waals surface area contributed by atoms with E-state index in [4.69, 9.17) is 17.3 Å². The fourth-order valence-corrected chi connectivity index (χ4v) is 3.92. The maximum atomic E-state index is 12.7. The quantitative estimate of drug-likeness (QED) is 0.908. The van der Waals surface area contributed by atoms with E-state index in [1.54, 1.807) is 32.2 Å². The van der Waals surface area contributed by atoms with Gasteiger partial charge in [-0.2, -0.15) is 4.31 Å². The third kappa shape index (κ3) is 3.20. The van der Waals surface area contributed by atoms with Crippen molar-refractivity contribution in [2.45, 2.75) is 18.5 Å². The second-order valence-corrected chi connectivity index (χ2v) is 6.90. The van der Waals surface area contributed by atoms with Crippen LogP contribution < -0.4 is 5.73 Å². The Morgan fingerprint density at radius 2 is 2.14 bits per heavy atom. The predicted molar refractivity (Wildman–Crippen MR) is 82.3 cm³/mol. The molecule has 2 aromatic rings. The van der Waals surface area contributed by atoms with Gasteiger partial charge in [0.25, 0.3) is 10.0 Å². The van der Waals surface area contributed by atoms with Gasteiger partial charge in [0.2, 0.25) is 0 Å². The number of aromatic nitrogens is 2. The molecule has 6 nitrogen and oxygen atoms in total. The van der Waals surface area contributed by atoms with E-state index in [1.807, 2.05) is 6.07 Å². The number of nitrogens with two attached hydrogens (primary N) is 1. The first-order valence-electron chi connectivity index (χ1n) is 6.37. The Morgan fingerprint density at radius 1 is 1.43 bits per heavy atom. The largest absolute Gasteiger partial charge is 0.381 e. The highest BCUT2D eigenvalue weighted by atomic mass is 35.5. The number of benzene rings is 1. The fraction of sp³-hybridized carbons (Fsp3) is 0.308. The summed E-state index contributed by atoms with van der Waals surface area (Å²) in [5.41, 5.74) is 6.49. The summed E-state index contributed by atoms with van der Waals surface area (Å²) < 4.78 is 28.2. The first kappa shape index (κ1) is 15.8. The predicted octanol–water partition coefficient (Wildman–Crippen LogP) is 1.87. The molecule has 0 atom stereocenters. The molecule has 0 bridgehead atoms. The lowest BCUT2D eigenvalue weighted by molar-refractivity contribution is 0.419. The number of rotatable bonds is 5. The average molecular weight is 329 g/mol. The SMILES string of the molecule is CCN(Cc1cccc(Cl)c1)S(=O)(=O)c1c(N)ncn1C. The third-order valence-corrected chi connectivity index (χ3v) is 5.38. The minimum Gasteiger partial charge on any atom is -0.381 e. The molecule has 0 radical (unpaired) electrons. The molecular formula is C13H17ClN4O2S. The van der Waals surface area contributed by atoms with E-state index in [0.29, 0.717) is 11.6 Å². The first-order chi connectivity index (χ1) is 9.86. The van der Waals surface area contributed by atoms with E-state index in [-0.39, 0.29) is 17.4 Å². The molecule has 0 saturated carbocycles. The highest BCUT2D eigenvalue weighted by Gasteiger charge is 2.29. The number of nitrogen functional groups attached to an aromatic ring is 1. The van der Waals surface area contributed by atoms with Crippen molar-refractivity contribution in [2.24, 2.45) is 7.05 Å². The lowest BCUT2D eigenvalue weighted by Gasteiger charge is -2.21. The zero-order valence-corrected chi connectivity index (χ0v) is 13.4. The summed E-state index contributed by atoms with van der Waals surface area (Å²) in [6.07, 6.45) is 1.38. The Balaban J connectivity index is 2.37. The van der Waals surface area contributed by atoms with E-state index in [0.717, 1.165) is 5.56 Å². The minimum absolute atomic E-state index is 0.00189. The molecule has 0 aliphatic rings. The summed E-state index contributed by atoms with van der Waals surface area (Å²) >= 11 is 5.93. The molecule has 0 amide bonds. The molecule has 0 aliphatic carbocycles. The van der Waals surface area contributed by atoms with Crippen LogP contribution in [-0.2, 0) is 23.6 Å². The van der Waals surface area contributed by atoms with E-state index < -0.39 is 10.0 Å². The molecule has 114 valence electrons. The van der Waals surface area contributed by atoms with Gasteiger partial charge in [-0.3, -0.25) is 0 Å². The summed E-state index contributed by atoms with van der Waals surface area (Å²) in [4.78, 5) is 3.83. The Kier molecular flexibility index (Phi) is 4.55. The van der Waals surface area contributed by atoms with Gasteiger partial charge in [0.05, 0.1) is 6.33 Å². The summed E-state index contributed by atoms with van der Waals surface area (Å²) in [7, 11) is -2.11. The van der Waals surface area contributed by atoms with Crippen LogP contribution in [0.1, 0.15) is 12.5 Å². The number of sulfonamides is 1. The summed E-state index contributed by atoms with van der Waals surface area (Å²) in [6.45, 7) is 2.32. The van der Waals surface area contributed by atoms with Gasteiger partial charge in [0.15, 0.2) is 10.8 Å². The zero-order valence-electron chi connectivity index (χ0n) is 11.8. The Bertz CT molecular complexity index is 723. The van der Waals surface area contributed by atoms with Gasteiger partial charge in [-0.1, -0.05) is 30.7 Å². The molecule has 8 heteroatoms. The van der Waals surface area contributed by atoms with E-state index in [9.17, 15) is 8.42 Å². The monoisotopic (exact) mass is 328 g/mol. The molecule has 0 saturated heterocycles. The van der Waals surface area contributed by atoms with Gasteiger partial charge in [0.1, 0.15) is 0 Å². The Labute approximate surface area is 129 Å². The molecule has 0 unspecified atom stereocenters. The number of imidazole rings is 1. The van der Waals surface area contributed by atoms with Crippen LogP contribution in [0.5, 0.6) is 0 Å². The molecule has 0 spiro atoms. The normalized spacial score (nSPS) is 12.0. The zero-order chi connectivity index (χ0) is 15.6. The highest BCUT2D eigenvalue weighted by Crippen LogP contribution is 2.23. The van der Waals surface area contributed by atoms with Crippen molar-refractivity contribution in [2.75, 3.05) is 12.3 Å². The van der Waals surface area contributed by atoms with Crippen LogP contribution in [0, 0.1) is 0 Å². The number of hydrogen-bond donors (Lipinski definition) is 1. The maximum absolute atomic E-state index is 12.7. The molecule has 1 aromatic carbocycles. The standard InChI is InChI=1S/C13H17ClN4O2S/c1-3-18(8-10-5-4-6-11(14)7-10)21(19,20)13-12(15)16-9-17(13)2/h4-7,9H,3,8,15H2,1-2H3. The lowest BCUT2D eigenvalue weighted by Crippen LogP contribution is -2.32. The Hall–Kier alpha value is -1.57. The molecule has 1 heterocycles. The van der Waals surface area contributed by atoms with Crippen molar-refractivity contribution in [1.29, 1.82) is 0 Å². The van der Waals surface area contributed by atoms with Crippen molar-refractivity contribution in [3.63, 3.8) is 0 Å². The summed E-state index contributed by atoms with van der Waals surface area (Å²) in [6, 6.07) is 7.11. The van der Waals surface area contributed by atoms with Crippen molar-refractivity contribution in [1.82, 2.24) is 13.9 Å². The van der Waals surface area contributed by atoms with Crippen LogP contribution in [0.25, 0.3) is 0 Å². The number of anilines is 1. The molecule has 0 fully saturated rings. The molecular weight excluding hydrogens is 312 g/mol. The molecule has 2 rings (SSSR count). The van der Waals surface area contributed by atoms with Gasteiger partial charge >= 0.3 is 0 Å². The second kappa shape index (κ2) is 6.05. The fourth-order valence-electron chi connectivity index (χ4n) is 2.08. The Morgan fingerprint density at radius 3 is 2.67 bits per heavy atom. The smallest absolute Gasteiger partial charge is 0.262 e. The average Bonchev–Trinajstić information content (AvgIpc) is 2.76. The van der Waals surface area contributed by atoms with Crippen molar-refractivity contribution >= 4 is 27.4 Å². The number of aryl methyl sites for hydroxylation is 1. The topological polar surface area (TPSA) is 81.2 Å². The molecule has 21 heavy (non-hydrogen) atoms. The van der Waals surface area contributed by atoms with Crippen LogP contribution in [0.3, 0.4) is 0 Å². The van der Waals surface area contributed by atoms with Crippen LogP contribution >= 0.6 is 11.6 Å². The summed E-state index contributed by atoms with van der Waals surface area (Å²) in [5.74, 6) is 0.00189.